The van der Waals surface area contributed by atoms with E-state index in [1.807, 2.05) is 30.3 Å². The summed E-state index contributed by atoms with van der Waals surface area (Å²) in [6.07, 6.45) is 0. The number of alkyl halides is 1. The Morgan fingerprint density at radius 3 is 2.62 bits per heavy atom. The number of carbonyl (C=O) groups is 1. The summed E-state index contributed by atoms with van der Waals surface area (Å²) in [4.78, 5) is 13.9. The van der Waals surface area contributed by atoms with Gasteiger partial charge in [0, 0.05) is 0 Å². The fourth-order valence-corrected chi connectivity index (χ4v) is 2.54. The van der Waals surface area contributed by atoms with E-state index in [9.17, 15) is 13.6 Å². The number of halogens is 2. The summed E-state index contributed by atoms with van der Waals surface area (Å²) in [5.74, 6) is -0.638. The number of hydrogen-bond acceptors (Lipinski definition) is 2. The van der Waals surface area contributed by atoms with Crippen LogP contribution in [0.2, 0.25) is 0 Å². The van der Waals surface area contributed by atoms with Crippen LogP contribution in [0.25, 0.3) is 0 Å². The lowest BCUT2D eigenvalue weighted by Crippen LogP contribution is -2.43. The average molecular weight is 288 g/mol. The minimum absolute atomic E-state index is 0.0392. The lowest BCUT2D eigenvalue weighted by molar-refractivity contribution is -0.119. The fraction of sp³-hybridized carbons (Fsp3) is 0.188. The number of carbonyl (C=O) groups excluding carboxylic acids is 1. The topological polar surface area (TPSA) is 32.3 Å². The van der Waals surface area contributed by atoms with Crippen molar-refractivity contribution in [2.45, 2.75) is 6.04 Å². The predicted molar refractivity (Wildman–Crippen MR) is 77.5 cm³/mol. The summed E-state index contributed by atoms with van der Waals surface area (Å²) in [6.45, 7) is -0.688. The maximum Gasteiger partial charge on any atom is 0.254 e. The molecule has 108 valence electrons. The molecule has 2 aromatic rings. The van der Waals surface area contributed by atoms with Crippen LogP contribution in [0.15, 0.2) is 48.5 Å². The smallest absolute Gasteiger partial charge is 0.254 e. The molecule has 0 radical (unpaired) electrons. The SMILES string of the molecule is O=C1C(c2ccccc2)Nc2cc(F)ccc2N1CCF. The zero-order valence-corrected chi connectivity index (χ0v) is 11.2. The number of hydrogen-bond donors (Lipinski definition) is 1. The molecule has 1 unspecified atom stereocenters. The molecule has 1 N–H and O–H groups in total. The van der Waals surface area contributed by atoms with E-state index in [0.29, 0.717) is 11.4 Å². The zero-order chi connectivity index (χ0) is 14.8. The number of rotatable bonds is 3. The highest BCUT2D eigenvalue weighted by molar-refractivity contribution is 6.05. The van der Waals surface area contributed by atoms with Crippen LogP contribution in [-0.2, 0) is 4.79 Å². The zero-order valence-electron chi connectivity index (χ0n) is 11.2. The largest absolute Gasteiger partial charge is 0.368 e. The molecule has 1 heterocycles. The molecule has 0 bridgehead atoms. The van der Waals surface area contributed by atoms with Crippen LogP contribution in [0.1, 0.15) is 11.6 Å². The molecule has 1 amide bonds. The van der Waals surface area contributed by atoms with E-state index in [0.717, 1.165) is 5.56 Å². The first-order chi connectivity index (χ1) is 10.2. The molecule has 3 nitrogen and oxygen atoms in total. The second-order valence-electron chi connectivity index (χ2n) is 4.83. The Morgan fingerprint density at radius 2 is 1.90 bits per heavy atom. The van der Waals surface area contributed by atoms with Crippen LogP contribution in [0.4, 0.5) is 20.2 Å². The highest BCUT2D eigenvalue weighted by Crippen LogP contribution is 2.36. The molecule has 1 aliphatic rings. The second-order valence-corrected chi connectivity index (χ2v) is 4.83. The number of anilines is 2. The van der Waals surface area contributed by atoms with Gasteiger partial charge in [-0.15, -0.1) is 0 Å². The quantitative estimate of drug-likeness (QED) is 0.940. The molecule has 1 atom stereocenters. The summed E-state index contributed by atoms with van der Waals surface area (Å²) >= 11 is 0. The van der Waals surface area contributed by atoms with Gasteiger partial charge in [-0.1, -0.05) is 30.3 Å². The number of fused-ring (bicyclic) bond motifs is 1. The average Bonchev–Trinajstić information content (AvgIpc) is 2.51. The third-order valence-electron chi connectivity index (χ3n) is 3.50. The Morgan fingerprint density at radius 1 is 1.14 bits per heavy atom. The first kappa shape index (κ1) is 13.5. The molecule has 0 saturated carbocycles. The Hall–Kier alpha value is -2.43. The summed E-state index contributed by atoms with van der Waals surface area (Å²) in [7, 11) is 0. The Kier molecular flexibility index (Phi) is 3.56. The third kappa shape index (κ3) is 2.46. The van der Waals surface area contributed by atoms with Gasteiger partial charge in [-0.25, -0.2) is 8.78 Å². The van der Waals surface area contributed by atoms with Crippen molar-refractivity contribution in [1.82, 2.24) is 0 Å². The van der Waals surface area contributed by atoms with Crippen molar-refractivity contribution in [2.24, 2.45) is 0 Å². The van der Waals surface area contributed by atoms with Gasteiger partial charge in [-0.05, 0) is 23.8 Å². The van der Waals surface area contributed by atoms with Crippen molar-refractivity contribution in [2.75, 3.05) is 23.4 Å². The van der Waals surface area contributed by atoms with E-state index in [2.05, 4.69) is 5.32 Å². The highest BCUT2D eigenvalue weighted by Gasteiger charge is 2.33. The first-order valence-corrected chi connectivity index (χ1v) is 6.69. The van der Waals surface area contributed by atoms with Crippen molar-refractivity contribution in [1.29, 1.82) is 0 Å². The molecular weight excluding hydrogens is 274 g/mol. The van der Waals surface area contributed by atoms with Crippen molar-refractivity contribution in [3.8, 4) is 0 Å². The highest BCUT2D eigenvalue weighted by atomic mass is 19.1. The van der Waals surface area contributed by atoms with Crippen LogP contribution >= 0.6 is 0 Å². The van der Waals surface area contributed by atoms with Gasteiger partial charge in [0.05, 0.1) is 17.9 Å². The van der Waals surface area contributed by atoms with E-state index in [1.165, 1.54) is 23.1 Å². The van der Waals surface area contributed by atoms with Gasteiger partial charge >= 0.3 is 0 Å². The van der Waals surface area contributed by atoms with Gasteiger partial charge < -0.3 is 10.2 Å². The molecular formula is C16H14F2N2O. The molecule has 0 spiro atoms. The van der Waals surface area contributed by atoms with Crippen LogP contribution in [-0.4, -0.2) is 19.1 Å². The van der Waals surface area contributed by atoms with E-state index in [4.69, 9.17) is 0 Å². The number of amides is 1. The van der Waals surface area contributed by atoms with Crippen LogP contribution < -0.4 is 10.2 Å². The molecule has 0 aliphatic carbocycles. The minimum Gasteiger partial charge on any atom is -0.368 e. The van der Waals surface area contributed by atoms with Crippen molar-refractivity contribution in [3.63, 3.8) is 0 Å². The maximum atomic E-state index is 13.4. The van der Waals surface area contributed by atoms with Gasteiger partial charge in [-0.2, -0.15) is 0 Å². The summed E-state index contributed by atoms with van der Waals surface area (Å²) in [5.41, 5.74) is 1.77. The number of nitrogens with zero attached hydrogens (tertiary/aromatic N) is 1. The van der Waals surface area contributed by atoms with Gasteiger partial charge in [0.1, 0.15) is 18.5 Å². The Balaban J connectivity index is 2.05. The molecule has 0 saturated heterocycles. The standard InChI is InChI=1S/C16H14F2N2O/c17-8-9-20-14-7-6-12(18)10-13(14)19-15(16(20)21)11-4-2-1-3-5-11/h1-7,10,15,19H,8-9H2. The van der Waals surface area contributed by atoms with E-state index < -0.39 is 18.5 Å². The molecule has 3 rings (SSSR count). The van der Waals surface area contributed by atoms with Crippen LogP contribution in [0, 0.1) is 5.82 Å². The Bertz CT molecular complexity index is 661. The fourth-order valence-electron chi connectivity index (χ4n) is 2.54. The molecule has 5 heteroatoms. The van der Waals surface area contributed by atoms with Gasteiger partial charge in [0.25, 0.3) is 5.91 Å². The van der Waals surface area contributed by atoms with Crippen LogP contribution in [0.5, 0.6) is 0 Å². The third-order valence-corrected chi connectivity index (χ3v) is 3.50. The predicted octanol–water partition coefficient (Wildman–Crippen LogP) is 3.30. The molecule has 21 heavy (non-hydrogen) atoms. The second kappa shape index (κ2) is 5.52. The Labute approximate surface area is 121 Å². The van der Waals surface area contributed by atoms with Crippen molar-refractivity contribution < 1.29 is 13.6 Å². The normalized spacial score (nSPS) is 17.3. The van der Waals surface area contributed by atoms with E-state index in [1.54, 1.807) is 0 Å². The molecule has 1 aliphatic heterocycles. The van der Waals surface area contributed by atoms with E-state index >= 15 is 0 Å². The van der Waals surface area contributed by atoms with Gasteiger partial charge in [0.2, 0.25) is 0 Å². The summed E-state index contributed by atoms with van der Waals surface area (Å²) in [5, 5.41) is 3.04. The van der Waals surface area contributed by atoms with E-state index in [-0.39, 0.29) is 12.5 Å². The first-order valence-electron chi connectivity index (χ1n) is 6.69. The molecule has 0 fully saturated rings. The lowest BCUT2D eigenvalue weighted by atomic mass is 10.0. The van der Waals surface area contributed by atoms with Crippen molar-refractivity contribution in [3.05, 3.63) is 59.9 Å². The summed E-state index contributed by atoms with van der Waals surface area (Å²) in [6, 6.07) is 12.6. The number of nitrogens with one attached hydrogen (secondary N) is 1. The van der Waals surface area contributed by atoms with Gasteiger partial charge in [-0.3, -0.25) is 4.79 Å². The maximum absolute atomic E-state index is 13.4. The minimum atomic E-state index is -0.649. The monoisotopic (exact) mass is 288 g/mol. The number of benzene rings is 2. The molecule has 0 aromatic heterocycles. The lowest BCUT2D eigenvalue weighted by Gasteiger charge is -2.35. The molecule has 2 aromatic carbocycles. The summed E-state index contributed by atoms with van der Waals surface area (Å²) < 4.78 is 26.2. The van der Waals surface area contributed by atoms with Gasteiger partial charge in [0.15, 0.2) is 0 Å². The van der Waals surface area contributed by atoms with Crippen molar-refractivity contribution >= 4 is 17.3 Å². The van der Waals surface area contributed by atoms with Crippen LogP contribution in [0.3, 0.4) is 0 Å².